The molecule has 0 aliphatic rings. The number of aromatic nitrogens is 1. The highest BCUT2D eigenvalue weighted by atomic mass is 16.5. The Hall–Kier alpha value is -1.42. The number of nitrogens with one attached hydrogen (secondary N) is 1. The molecule has 0 aromatic carbocycles. The van der Waals surface area contributed by atoms with Crippen LogP contribution in [0, 0.1) is 0 Å². The molecule has 1 heterocycles. The minimum Gasteiger partial charge on any atom is -0.465 e. The van der Waals surface area contributed by atoms with Gasteiger partial charge in [-0.1, -0.05) is 13.0 Å². The number of nitrogens with zero attached hydrogens (tertiary/aromatic N) is 1. The highest BCUT2D eigenvalue weighted by molar-refractivity contribution is 5.71. The Morgan fingerprint density at radius 3 is 3.00 bits per heavy atom. The zero-order valence-corrected chi connectivity index (χ0v) is 9.82. The summed E-state index contributed by atoms with van der Waals surface area (Å²) >= 11 is 0. The molecule has 0 amide bonds. The minimum absolute atomic E-state index is 0.225. The second-order valence-corrected chi connectivity index (χ2v) is 3.37. The molecule has 0 aliphatic heterocycles. The lowest BCUT2D eigenvalue weighted by Gasteiger charge is -2.07. The summed E-state index contributed by atoms with van der Waals surface area (Å²) in [6, 6.07) is 3.97. The first-order chi connectivity index (χ1) is 7.77. The summed E-state index contributed by atoms with van der Waals surface area (Å²) in [4.78, 5) is 15.4. The van der Waals surface area contributed by atoms with E-state index < -0.39 is 0 Å². The number of hydrogen-bond donors (Lipinski definition) is 1. The SMILES string of the molecule is CCOC(=O)CNCc1ncccc1CC. The molecule has 0 spiro atoms. The van der Waals surface area contributed by atoms with E-state index in [0.29, 0.717) is 13.2 Å². The zero-order valence-electron chi connectivity index (χ0n) is 9.82. The fourth-order valence-corrected chi connectivity index (χ4v) is 1.45. The molecule has 4 heteroatoms. The summed E-state index contributed by atoms with van der Waals surface area (Å²) in [5, 5.41) is 3.02. The molecular formula is C12H18N2O2. The molecule has 4 nitrogen and oxygen atoms in total. The molecule has 0 unspecified atom stereocenters. The van der Waals surface area contributed by atoms with E-state index in [-0.39, 0.29) is 12.5 Å². The smallest absolute Gasteiger partial charge is 0.319 e. The second kappa shape index (κ2) is 6.95. The van der Waals surface area contributed by atoms with Crippen molar-refractivity contribution in [2.45, 2.75) is 26.8 Å². The number of carbonyl (C=O) groups is 1. The third-order valence-electron chi connectivity index (χ3n) is 2.23. The Labute approximate surface area is 96.0 Å². The molecular weight excluding hydrogens is 204 g/mol. The normalized spacial score (nSPS) is 10.1. The fourth-order valence-electron chi connectivity index (χ4n) is 1.45. The van der Waals surface area contributed by atoms with Gasteiger partial charge in [-0.05, 0) is 25.0 Å². The lowest BCUT2D eigenvalue weighted by Crippen LogP contribution is -2.25. The quantitative estimate of drug-likeness (QED) is 0.737. The lowest BCUT2D eigenvalue weighted by atomic mass is 10.1. The molecule has 16 heavy (non-hydrogen) atoms. The average Bonchev–Trinajstić information content (AvgIpc) is 2.30. The molecule has 1 aromatic heterocycles. The highest BCUT2D eigenvalue weighted by Gasteiger charge is 2.03. The van der Waals surface area contributed by atoms with Crippen molar-refractivity contribution in [3.8, 4) is 0 Å². The van der Waals surface area contributed by atoms with E-state index in [9.17, 15) is 4.79 Å². The molecule has 0 radical (unpaired) electrons. The van der Waals surface area contributed by atoms with Crippen LogP contribution in [0.4, 0.5) is 0 Å². The van der Waals surface area contributed by atoms with Gasteiger partial charge in [0.25, 0.3) is 0 Å². The maximum absolute atomic E-state index is 11.1. The molecule has 0 saturated heterocycles. The van der Waals surface area contributed by atoms with Crippen LogP contribution < -0.4 is 5.32 Å². The lowest BCUT2D eigenvalue weighted by molar-refractivity contribution is -0.142. The van der Waals surface area contributed by atoms with Crippen molar-refractivity contribution in [2.75, 3.05) is 13.2 Å². The summed E-state index contributed by atoms with van der Waals surface area (Å²) in [5.41, 5.74) is 2.20. The van der Waals surface area contributed by atoms with Gasteiger partial charge < -0.3 is 10.1 Å². The van der Waals surface area contributed by atoms with Gasteiger partial charge in [0.1, 0.15) is 0 Å². The molecule has 0 aliphatic carbocycles. The monoisotopic (exact) mass is 222 g/mol. The van der Waals surface area contributed by atoms with E-state index in [1.54, 1.807) is 13.1 Å². The van der Waals surface area contributed by atoms with Crippen molar-refractivity contribution in [1.29, 1.82) is 0 Å². The number of esters is 1. The van der Waals surface area contributed by atoms with Gasteiger partial charge >= 0.3 is 5.97 Å². The maximum atomic E-state index is 11.1. The topological polar surface area (TPSA) is 51.2 Å². The number of ether oxygens (including phenoxy) is 1. The van der Waals surface area contributed by atoms with Crippen LogP contribution >= 0.6 is 0 Å². The van der Waals surface area contributed by atoms with Crippen molar-refractivity contribution in [3.05, 3.63) is 29.6 Å². The average molecular weight is 222 g/mol. The summed E-state index contributed by atoms with van der Waals surface area (Å²) < 4.78 is 4.81. The summed E-state index contributed by atoms with van der Waals surface area (Å²) in [7, 11) is 0. The van der Waals surface area contributed by atoms with Gasteiger partial charge in [0.15, 0.2) is 0 Å². The molecule has 88 valence electrons. The maximum Gasteiger partial charge on any atom is 0.319 e. The summed E-state index contributed by atoms with van der Waals surface area (Å²) in [6.07, 6.45) is 2.71. The number of pyridine rings is 1. The van der Waals surface area contributed by atoms with Gasteiger partial charge in [-0.3, -0.25) is 9.78 Å². The van der Waals surface area contributed by atoms with Crippen LogP contribution in [0.15, 0.2) is 18.3 Å². The van der Waals surface area contributed by atoms with Gasteiger partial charge in [-0.2, -0.15) is 0 Å². The molecule has 0 fully saturated rings. The summed E-state index contributed by atoms with van der Waals surface area (Å²) in [5.74, 6) is -0.225. The zero-order chi connectivity index (χ0) is 11.8. The predicted octanol–water partition coefficient (Wildman–Crippen LogP) is 1.30. The van der Waals surface area contributed by atoms with E-state index in [0.717, 1.165) is 12.1 Å². The Morgan fingerprint density at radius 1 is 1.50 bits per heavy atom. The van der Waals surface area contributed by atoms with Crippen LogP contribution in [-0.2, 0) is 22.5 Å². The molecule has 1 rings (SSSR count). The Balaban J connectivity index is 2.39. The van der Waals surface area contributed by atoms with Crippen LogP contribution in [-0.4, -0.2) is 24.1 Å². The van der Waals surface area contributed by atoms with E-state index in [1.807, 2.05) is 12.1 Å². The van der Waals surface area contributed by atoms with Gasteiger partial charge in [0, 0.05) is 12.7 Å². The molecule has 0 bridgehead atoms. The first-order valence-corrected chi connectivity index (χ1v) is 5.57. The van der Waals surface area contributed by atoms with Crippen molar-refractivity contribution in [2.24, 2.45) is 0 Å². The molecule has 1 N–H and O–H groups in total. The fraction of sp³-hybridized carbons (Fsp3) is 0.500. The van der Waals surface area contributed by atoms with Crippen LogP contribution in [0.25, 0.3) is 0 Å². The van der Waals surface area contributed by atoms with Gasteiger partial charge in [-0.15, -0.1) is 0 Å². The van der Waals surface area contributed by atoms with Crippen molar-refractivity contribution in [1.82, 2.24) is 10.3 Å². The van der Waals surface area contributed by atoms with Gasteiger partial charge in [0.05, 0.1) is 18.8 Å². The van der Waals surface area contributed by atoms with E-state index >= 15 is 0 Å². The van der Waals surface area contributed by atoms with E-state index in [4.69, 9.17) is 4.74 Å². The minimum atomic E-state index is -0.225. The summed E-state index contributed by atoms with van der Waals surface area (Å²) in [6.45, 7) is 5.14. The van der Waals surface area contributed by atoms with E-state index in [2.05, 4.69) is 17.2 Å². The largest absolute Gasteiger partial charge is 0.465 e. The third kappa shape index (κ3) is 3.98. The standard InChI is InChI=1S/C12H18N2O2/c1-3-10-6-5-7-14-11(10)8-13-9-12(15)16-4-2/h5-7,13H,3-4,8-9H2,1-2H3. The Kier molecular flexibility index (Phi) is 5.50. The Bertz CT molecular complexity index is 340. The van der Waals surface area contributed by atoms with Crippen molar-refractivity contribution >= 4 is 5.97 Å². The molecule has 0 atom stereocenters. The highest BCUT2D eigenvalue weighted by Crippen LogP contribution is 2.05. The van der Waals surface area contributed by atoms with Crippen LogP contribution in [0.2, 0.25) is 0 Å². The number of rotatable bonds is 6. The Morgan fingerprint density at radius 2 is 2.31 bits per heavy atom. The molecule has 1 aromatic rings. The third-order valence-corrected chi connectivity index (χ3v) is 2.23. The predicted molar refractivity (Wildman–Crippen MR) is 62.0 cm³/mol. The number of carbonyl (C=O) groups excluding carboxylic acids is 1. The van der Waals surface area contributed by atoms with Crippen LogP contribution in [0.5, 0.6) is 0 Å². The molecule has 0 saturated carbocycles. The number of aryl methyl sites for hydroxylation is 1. The van der Waals surface area contributed by atoms with Gasteiger partial charge in [0.2, 0.25) is 0 Å². The van der Waals surface area contributed by atoms with E-state index in [1.165, 1.54) is 5.56 Å². The first-order valence-electron chi connectivity index (χ1n) is 5.57. The van der Waals surface area contributed by atoms with Crippen molar-refractivity contribution in [3.63, 3.8) is 0 Å². The first kappa shape index (κ1) is 12.6. The second-order valence-electron chi connectivity index (χ2n) is 3.37. The van der Waals surface area contributed by atoms with Crippen LogP contribution in [0.1, 0.15) is 25.1 Å². The van der Waals surface area contributed by atoms with Crippen LogP contribution in [0.3, 0.4) is 0 Å². The van der Waals surface area contributed by atoms with Crippen molar-refractivity contribution < 1.29 is 9.53 Å². The van der Waals surface area contributed by atoms with Gasteiger partial charge in [-0.25, -0.2) is 0 Å². The number of hydrogen-bond acceptors (Lipinski definition) is 4.